The molecule has 0 saturated carbocycles. The molecule has 0 bridgehead atoms. The van der Waals surface area contributed by atoms with Crippen molar-refractivity contribution < 1.29 is 49.0 Å². The first-order valence-electron chi connectivity index (χ1n) is 21.0. The van der Waals surface area contributed by atoms with E-state index in [0.29, 0.717) is 11.8 Å². The van der Waals surface area contributed by atoms with E-state index in [2.05, 4.69) is 200 Å². The van der Waals surface area contributed by atoms with E-state index in [0.717, 1.165) is 25.7 Å². The summed E-state index contributed by atoms with van der Waals surface area (Å²) in [5.41, 5.74) is 15.4. The van der Waals surface area contributed by atoms with Gasteiger partial charge in [-0.15, -0.1) is 11.1 Å². The summed E-state index contributed by atoms with van der Waals surface area (Å²) in [6, 6.07) is 66.7. The molecule has 0 amide bonds. The molecule has 0 fully saturated rings. The van der Waals surface area contributed by atoms with Crippen LogP contribution in [0.25, 0.3) is 11.1 Å². The van der Waals surface area contributed by atoms with Crippen LogP contribution in [0.4, 0.5) is 0 Å². The van der Waals surface area contributed by atoms with Crippen molar-refractivity contribution in [2.75, 3.05) is 0 Å². The normalized spacial score (nSPS) is 12.4. The number of hydrogen-bond donors (Lipinski definition) is 0. The van der Waals surface area contributed by atoms with Gasteiger partial charge in [0.15, 0.2) is 0 Å². The van der Waals surface area contributed by atoms with Crippen LogP contribution in [-0.2, 0) is 60.7 Å². The Morgan fingerprint density at radius 2 is 1.13 bits per heavy atom. The van der Waals surface area contributed by atoms with Crippen molar-refractivity contribution in [3.63, 3.8) is 0 Å². The monoisotopic (exact) mass is 904 g/mol. The van der Waals surface area contributed by atoms with E-state index < -0.39 is 0 Å². The Hall–Kier alpha value is -4.00. The molecule has 0 spiro atoms. The van der Waals surface area contributed by atoms with E-state index in [1.54, 1.807) is 27.4 Å². The molecule has 0 nitrogen and oxygen atoms in total. The summed E-state index contributed by atoms with van der Waals surface area (Å²) in [5.74, 6) is 1.12. The number of aryl methyl sites for hydroxylation is 1. The van der Waals surface area contributed by atoms with Crippen molar-refractivity contribution >= 4 is 3.21 Å². The molecule has 0 heterocycles. The molecule has 0 saturated heterocycles. The minimum atomic E-state index is -0.0378. The number of rotatable bonds is 11. The quantitative estimate of drug-likeness (QED) is 0.115. The number of fused-ring (bicyclic) bond motifs is 3. The van der Waals surface area contributed by atoms with Crippen molar-refractivity contribution in [3.05, 3.63) is 232 Å². The maximum Gasteiger partial charge on any atom is -0.172 e. The second kappa shape index (κ2) is 22.7. The third-order valence-corrected chi connectivity index (χ3v) is 13.4. The van der Waals surface area contributed by atoms with Crippen molar-refractivity contribution in [3.8, 4) is 11.1 Å². The molecule has 3 heteroatoms. The molecular weight excluding hydrogens is 847 g/mol. The number of hydrogen-bond acceptors (Lipinski definition) is 0. The van der Waals surface area contributed by atoms with Crippen LogP contribution in [0.3, 0.4) is 0 Å². The van der Waals surface area contributed by atoms with Gasteiger partial charge in [-0.2, -0.15) is 42.0 Å². The van der Waals surface area contributed by atoms with Gasteiger partial charge in [0.2, 0.25) is 0 Å². The van der Waals surface area contributed by atoms with E-state index in [-0.39, 0.29) is 35.6 Å². The van der Waals surface area contributed by atoms with Crippen LogP contribution >= 0.6 is 0 Å². The van der Waals surface area contributed by atoms with E-state index in [1.807, 2.05) is 30.3 Å². The van der Waals surface area contributed by atoms with E-state index in [1.165, 1.54) is 61.2 Å². The largest absolute Gasteiger partial charge is 0.214 e. The van der Waals surface area contributed by atoms with Crippen LogP contribution in [0.2, 0.25) is 0 Å². The van der Waals surface area contributed by atoms with Gasteiger partial charge in [-0.25, -0.2) is 12.1 Å². The predicted molar refractivity (Wildman–Crippen MR) is 246 cm³/mol. The van der Waals surface area contributed by atoms with E-state index in [9.17, 15) is 0 Å². The minimum absolute atomic E-state index is 0. The molecule has 1 aliphatic carbocycles. The van der Waals surface area contributed by atoms with E-state index in [4.69, 9.17) is 0 Å². The molecule has 0 radical (unpaired) electrons. The smallest absolute Gasteiger partial charge is 0.172 e. The Morgan fingerprint density at radius 3 is 1.63 bits per heavy atom. The molecule has 0 aromatic heterocycles. The Kier molecular flexibility index (Phi) is 18.4. The third kappa shape index (κ3) is 12.5. The van der Waals surface area contributed by atoms with Crippen LogP contribution in [0, 0.1) is 24.8 Å². The molecule has 7 aromatic rings. The van der Waals surface area contributed by atoms with Gasteiger partial charge in [0.25, 0.3) is 0 Å². The standard InChI is InChI=1S/C37H41.C15H14.C5H5.2ClH.Zr/c1-25(27(3)36(4,5)31-14-10-8-11-15-31)20-28-18-19-33-30(22-28)23-29-21-26(2)35(24-34(29)33)37(6,7)32-16-12-9-13-17-32;1-3-8-14(9-4-1)12-7-13-15-10-5-2-6-11-15;1-2-4-5-3-1;;;/h8-19,21,24-25,27H,20,23H2,1-7H3;1-6,8-11H,12-13H2;1-5H;2*1H;/q-1;;-1;;;+2/p-2. The molecule has 0 aliphatic heterocycles. The second-order valence-corrected chi connectivity index (χ2v) is 19.1. The fraction of sp³-hybridized carbons (Fsp3) is 0.263. The van der Waals surface area contributed by atoms with Gasteiger partial charge in [-0.05, 0) is 64.8 Å². The Morgan fingerprint density at radius 1 is 0.633 bits per heavy atom. The molecule has 0 N–H and O–H groups in total. The van der Waals surface area contributed by atoms with Gasteiger partial charge < -0.3 is 24.8 Å². The first kappa shape index (κ1) is 48.7. The van der Waals surface area contributed by atoms with Gasteiger partial charge >= 0.3 is 112 Å². The van der Waals surface area contributed by atoms with Gasteiger partial charge in [-0.3, -0.25) is 0 Å². The summed E-state index contributed by atoms with van der Waals surface area (Å²) in [4.78, 5) is 0. The van der Waals surface area contributed by atoms with Gasteiger partial charge in [0.1, 0.15) is 0 Å². The molecular formula is C57H60Cl2Zr-2. The zero-order valence-electron chi connectivity index (χ0n) is 36.5. The molecule has 1 aliphatic rings. The van der Waals surface area contributed by atoms with Gasteiger partial charge in [-0.1, -0.05) is 120 Å². The molecule has 7 aromatic carbocycles. The maximum absolute atomic E-state index is 3.86. The second-order valence-electron chi connectivity index (χ2n) is 17.3. The topological polar surface area (TPSA) is 0 Å². The minimum Gasteiger partial charge on any atom is -0.214 e. The molecule has 60 heavy (non-hydrogen) atoms. The van der Waals surface area contributed by atoms with Gasteiger partial charge in [0.05, 0.1) is 0 Å². The predicted octanol–water partition coefficient (Wildman–Crippen LogP) is 8.09. The zero-order valence-corrected chi connectivity index (χ0v) is 40.5. The average Bonchev–Trinajstić information content (AvgIpc) is 3.94. The van der Waals surface area contributed by atoms with Crippen LogP contribution in [-0.4, -0.2) is 3.21 Å². The number of benzene rings is 6. The summed E-state index contributed by atoms with van der Waals surface area (Å²) in [5, 5.41) is 0. The summed E-state index contributed by atoms with van der Waals surface area (Å²) in [6.45, 7) is 16.6. The van der Waals surface area contributed by atoms with Crippen molar-refractivity contribution in [2.24, 2.45) is 11.8 Å². The molecule has 8 rings (SSSR count). The average molecular weight is 907 g/mol. The number of halogens is 2. The Labute approximate surface area is 389 Å². The summed E-state index contributed by atoms with van der Waals surface area (Å²) in [6.07, 6.45) is 4.29. The van der Waals surface area contributed by atoms with Gasteiger partial charge in [0, 0.05) is 5.41 Å². The molecule has 2 unspecified atom stereocenters. The van der Waals surface area contributed by atoms with Crippen LogP contribution in [0.1, 0.15) is 91.6 Å². The fourth-order valence-corrected chi connectivity index (χ4v) is 9.57. The first-order valence-corrected chi connectivity index (χ1v) is 22.3. The zero-order chi connectivity index (χ0) is 41.1. The van der Waals surface area contributed by atoms with Crippen LogP contribution in [0.5, 0.6) is 0 Å². The maximum atomic E-state index is 3.86. The Bertz CT molecular complexity index is 2270. The van der Waals surface area contributed by atoms with Crippen LogP contribution < -0.4 is 24.8 Å². The Balaban J connectivity index is 0.000000285. The van der Waals surface area contributed by atoms with E-state index >= 15 is 0 Å². The fourth-order valence-electron chi connectivity index (χ4n) is 8.57. The SMILES string of the molecule is Cc1cc2c(cc1C(C)(C)c1ccccc1)-c1ccc(CC(C)C(C)C(C)(C)c3ccccc3)[c-]c1C2.[Cl-].[Cl-].[Zr+2]=[C](Cc1ccccc1)Cc1ccccc1.c1cc[cH-]c1. The van der Waals surface area contributed by atoms with Crippen molar-refractivity contribution in [1.29, 1.82) is 0 Å². The summed E-state index contributed by atoms with van der Waals surface area (Å²) in [7, 11) is 0. The molecule has 2 atom stereocenters. The van der Waals surface area contributed by atoms with Crippen molar-refractivity contribution in [2.45, 2.75) is 85.0 Å². The summed E-state index contributed by atoms with van der Waals surface area (Å²) >= 11 is 1.55. The first-order chi connectivity index (χ1) is 27.9. The third-order valence-electron chi connectivity index (χ3n) is 12.5. The summed E-state index contributed by atoms with van der Waals surface area (Å²) < 4.78 is 1.60. The molecule has 308 valence electrons. The van der Waals surface area contributed by atoms with Crippen molar-refractivity contribution in [1.82, 2.24) is 0 Å². The van der Waals surface area contributed by atoms with Crippen LogP contribution in [0.15, 0.2) is 176 Å².